The number of rotatable bonds is 46. The summed E-state index contributed by atoms with van der Waals surface area (Å²) >= 11 is 0. The number of hydrogen-bond donors (Lipinski definition) is 3. The minimum absolute atomic E-state index is 0.0213. The van der Waals surface area contributed by atoms with E-state index in [9.17, 15) is 29.1 Å². The Morgan fingerprint density at radius 1 is 0.543 bits per heavy atom. The lowest BCUT2D eigenvalue weighted by molar-refractivity contribution is -0.157. The van der Waals surface area contributed by atoms with Crippen molar-refractivity contribution in [3.8, 4) is 11.1 Å². The van der Waals surface area contributed by atoms with Gasteiger partial charge < -0.3 is 62.9 Å². The molecule has 2 amide bonds. The number of nitrogens with zero attached hydrogens (tertiary/aromatic N) is 5. The number of carbonyl (C=O) groups excluding carboxylic acids is 5. The van der Waals surface area contributed by atoms with Crippen molar-refractivity contribution in [1.29, 1.82) is 0 Å². The van der Waals surface area contributed by atoms with E-state index in [1.54, 1.807) is 74.7 Å². The van der Waals surface area contributed by atoms with Crippen molar-refractivity contribution in [2.75, 3.05) is 85.8 Å². The van der Waals surface area contributed by atoms with E-state index in [1.807, 2.05) is 29.1 Å². The van der Waals surface area contributed by atoms with Crippen LogP contribution in [0.15, 0.2) is 73.3 Å². The number of unbranched alkanes of at least 4 members (excludes halogenated alkanes) is 9. The minimum atomic E-state index is -1.30. The Labute approximate surface area is 557 Å². The van der Waals surface area contributed by atoms with Crippen LogP contribution in [0.3, 0.4) is 0 Å². The van der Waals surface area contributed by atoms with Crippen LogP contribution in [-0.2, 0) is 79.7 Å². The Balaban J connectivity index is 0.889. The second-order valence-corrected chi connectivity index (χ2v) is 27.1. The van der Waals surface area contributed by atoms with E-state index in [0.717, 1.165) is 66.4 Å². The number of imidazole rings is 1. The number of aromatic nitrogens is 5. The third-order valence-electron chi connectivity index (χ3n) is 14.8. The van der Waals surface area contributed by atoms with E-state index >= 15 is 0 Å². The van der Waals surface area contributed by atoms with Gasteiger partial charge in [0.2, 0.25) is 11.8 Å². The molecule has 0 saturated heterocycles. The molecule has 1 unspecified atom stereocenters. The van der Waals surface area contributed by atoms with Crippen molar-refractivity contribution < 1.29 is 71.7 Å². The molecule has 522 valence electrons. The van der Waals surface area contributed by atoms with Crippen LogP contribution < -0.4 is 10.6 Å². The highest BCUT2D eigenvalue weighted by atomic mass is 16.6. The number of aryl methyl sites for hydroxylation is 2. The number of hydrogen-bond acceptors (Lipinski definition) is 18. The van der Waals surface area contributed by atoms with Crippen molar-refractivity contribution >= 4 is 40.8 Å². The summed E-state index contributed by atoms with van der Waals surface area (Å²) in [6.45, 7) is 23.6. The maximum Gasteiger partial charge on any atom is 0.308 e. The van der Waals surface area contributed by atoms with Gasteiger partial charge in [-0.25, -0.2) is 4.98 Å². The summed E-state index contributed by atoms with van der Waals surface area (Å²) in [7, 11) is 0. The Morgan fingerprint density at radius 2 is 1.05 bits per heavy atom. The number of benzene rings is 2. The van der Waals surface area contributed by atoms with Crippen molar-refractivity contribution in [2.45, 2.75) is 214 Å². The maximum absolute atomic E-state index is 13.5. The third kappa shape index (κ3) is 31.7. The number of carbonyl (C=O) groups is 5. The first-order valence-corrected chi connectivity index (χ1v) is 33.6. The molecule has 1 atom stereocenters. The number of aliphatic hydroxyl groups excluding tert-OH is 1. The van der Waals surface area contributed by atoms with Crippen LogP contribution in [0.5, 0.6) is 0 Å². The summed E-state index contributed by atoms with van der Waals surface area (Å²) in [6, 6.07) is 16.3. The largest absolute Gasteiger partial charge is 0.460 e. The number of fused-ring (bicyclic) bond motifs is 1. The van der Waals surface area contributed by atoms with Crippen LogP contribution in [0, 0.1) is 13.8 Å². The highest BCUT2D eigenvalue weighted by Gasteiger charge is 2.35. The molecule has 22 nitrogen and oxygen atoms in total. The lowest BCUT2D eigenvalue weighted by Crippen LogP contribution is -2.59. The Bertz CT molecular complexity index is 2970. The van der Waals surface area contributed by atoms with Crippen LogP contribution >= 0.6 is 0 Å². The van der Waals surface area contributed by atoms with Gasteiger partial charge in [0.05, 0.1) is 116 Å². The fourth-order valence-corrected chi connectivity index (χ4v) is 10.2. The standard InChI is InChI=1S/C72H109N7O15/c1-54-22-23-55(2)58(46-54)50-79-61-47-57(24-25-60(61)76-68(79)67(85)56-26-34-73-35-27-56)59-48-75-78(49-59)36-43-86-37-21-19-17-15-13-12-14-16-18-20-33-74-62(80)28-38-87-44-45-88-39-29-63(81)77-72(51-89-40-30-64(82)92-69(3,4)5,52-90-41-31-65(83)93-70(6,7)8)53-91-42-32-66(84)94-71(9,10)11/h22-27,34-35,46-49,67,85H,12-21,28-33,36-45,50-53H2,1-11H3,(H,74,80)(H,77,81). The minimum Gasteiger partial charge on any atom is -0.460 e. The van der Waals surface area contributed by atoms with Gasteiger partial charge >= 0.3 is 17.9 Å². The first-order chi connectivity index (χ1) is 44.8. The molecule has 94 heavy (non-hydrogen) atoms. The zero-order valence-electron chi connectivity index (χ0n) is 58.1. The molecular formula is C72H109N7O15. The molecule has 0 radical (unpaired) electrons. The lowest BCUT2D eigenvalue weighted by Gasteiger charge is -2.34. The molecule has 0 spiro atoms. The number of esters is 3. The monoisotopic (exact) mass is 1310 g/mol. The second-order valence-electron chi connectivity index (χ2n) is 27.1. The molecule has 22 heteroatoms. The SMILES string of the molecule is Cc1ccc(C)c(Cn2c(C(O)c3ccncc3)nc3ccc(-c4cnn(CCOCCCCCCCCCCCCNC(=O)CCOCCOCCC(=O)NC(COCCC(=O)OC(C)(C)C)(COCCC(=O)OC(C)(C)C)COCCC(=O)OC(C)(C)C)c4)cc32)c1. The molecule has 0 aliphatic heterocycles. The van der Waals surface area contributed by atoms with Crippen molar-refractivity contribution in [1.82, 2.24) is 34.9 Å². The van der Waals surface area contributed by atoms with Crippen LogP contribution in [0.4, 0.5) is 0 Å². The van der Waals surface area contributed by atoms with Crippen molar-refractivity contribution in [3.63, 3.8) is 0 Å². The lowest BCUT2D eigenvalue weighted by atomic mass is 10.0. The number of amides is 2. The van der Waals surface area contributed by atoms with E-state index in [4.69, 9.17) is 47.6 Å². The van der Waals surface area contributed by atoms with E-state index in [0.29, 0.717) is 32.1 Å². The molecule has 3 heterocycles. The fourth-order valence-electron chi connectivity index (χ4n) is 10.2. The molecule has 0 fully saturated rings. The van der Waals surface area contributed by atoms with E-state index in [-0.39, 0.29) is 104 Å². The van der Waals surface area contributed by atoms with Gasteiger partial charge in [0, 0.05) is 56.7 Å². The predicted octanol–water partition coefficient (Wildman–Crippen LogP) is 11.0. The summed E-state index contributed by atoms with van der Waals surface area (Å²) in [5.74, 6) is -1.23. The fraction of sp³-hybridized carbons (Fsp3) is 0.639. The van der Waals surface area contributed by atoms with Gasteiger partial charge in [-0.2, -0.15) is 5.10 Å². The van der Waals surface area contributed by atoms with Crippen molar-refractivity contribution in [2.24, 2.45) is 0 Å². The molecule has 5 rings (SSSR count). The van der Waals surface area contributed by atoms with Gasteiger partial charge in [-0.15, -0.1) is 0 Å². The highest BCUT2D eigenvalue weighted by Crippen LogP contribution is 2.31. The first kappa shape index (κ1) is 78.0. The molecule has 0 saturated carbocycles. The zero-order valence-corrected chi connectivity index (χ0v) is 58.1. The average molecular weight is 1310 g/mol. The normalized spacial score (nSPS) is 12.5. The number of nitrogens with one attached hydrogen (secondary N) is 2. The summed E-state index contributed by atoms with van der Waals surface area (Å²) in [5.41, 5.74) is 4.76. The highest BCUT2D eigenvalue weighted by molar-refractivity contribution is 5.83. The van der Waals surface area contributed by atoms with E-state index in [1.165, 1.54) is 48.8 Å². The van der Waals surface area contributed by atoms with Gasteiger partial charge in [-0.05, 0) is 136 Å². The van der Waals surface area contributed by atoms with E-state index < -0.39 is 52.3 Å². The summed E-state index contributed by atoms with van der Waals surface area (Å²) in [5, 5.41) is 22.2. The number of aliphatic hydroxyl groups is 1. The van der Waals surface area contributed by atoms with E-state index in [2.05, 4.69) is 75.7 Å². The second kappa shape index (κ2) is 40.7. The zero-order chi connectivity index (χ0) is 68.4. The topological polar surface area (TPSA) is 261 Å². The summed E-state index contributed by atoms with van der Waals surface area (Å²) in [4.78, 5) is 72.3. The van der Waals surface area contributed by atoms with Gasteiger partial charge in [-0.1, -0.05) is 81.2 Å². The van der Waals surface area contributed by atoms with Crippen LogP contribution in [0.1, 0.15) is 193 Å². The Morgan fingerprint density at radius 3 is 1.61 bits per heavy atom. The maximum atomic E-state index is 13.5. The Kier molecular flexibility index (Phi) is 33.8. The van der Waals surface area contributed by atoms with Gasteiger partial charge in [0.1, 0.15) is 34.3 Å². The quantitative estimate of drug-likeness (QED) is 0.0186. The van der Waals surface area contributed by atoms with Gasteiger partial charge in [0.15, 0.2) is 0 Å². The summed E-state index contributed by atoms with van der Waals surface area (Å²) < 4.78 is 55.4. The van der Waals surface area contributed by atoms with Gasteiger partial charge in [0.25, 0.3) is 0 Å². The number of pyridine rings is 1. The molecule has 5 aromatic rings. The molecule has 2 aromatic carbocycles. The van der Waals surface area contributed by atoms with Crippen LogP contribution in [0.2, 0.25) is 0 Å². The molecular weight excluding hydrogens is 1200 g/mol. The summed E-state index contributed by atoms with van der Waals surface area (Å²) in [6.07, 6.45) is 17.9. The molecule has 3 N–H and O–H groups in total. The molecule has 0 bridgehead atoms. The average Bonchev–Trinajstić information content (AvgIpc) is 1.61. The molecule has 3 aromatic heterocycles. The van der Waals surface area contributed by atoms with Gasteiger partial charge in [-0.3, -0.25) is 33.6 Å². The third-order valence-corrected chi connectivity index (χ3v) is 14.8. The van der Waals surface area contributed by atoms with Crippen LogP contribution in [-0.4, -0.2) is 167 Å². The van der Waals surface area contributed by atoms with Crippen LogP contribution in [0.25, 0.3) is 22.2 Å². The molecule has 0 aliphatic carbocycles. The first-order valence-electron chi connectivity index (χ1n) is 33.6. The smallest absolute Gasteiger partial charge is 0.308 e. The Hall–Kier alpha value is -6.66. The molecule has 0 aliphatic rings. The predicted molar refractivity (Wildman–Crippen MR) is 360 cm³/mol. The number of ether oxygens (including phenoxy) is 9. The van der Waals surface area contributed by atoms with Crippen molar-refractivity contribution in [3.05, 3.63) is 101 Å².